The van der Waals surface area contributed by atoms with Gasteiger partial charge in [-0.25, -0.2) is 0 Å². The van der Waals surface area contributed by atoms with Crippen LogP contribution in [0.15, 0.2) is 12.4 Å². The molecular weight excluding hydrogens is 202 g/mol. The lowest BCUT2D eigenvalue weighted by molar-refractivity contribution is 0.304. The summed E-state index contributed by atoms with van der Waals surface area (Å²) >= 11 is 0. The van der Waals surface area contributed by atoms with Gasteiger partial charge in [0.2, 0.25) is 0 Å². The summed E-state index contributed by atoms with van der Waals surface area (Å²) in [7, 11) is 1.90. The van der Waals surface area contributed by atoms with Gasteiger partial charge in [-0.2, -0.15) is 5.10 Å². The van der Waals surface area contributed by atoms with Crippen molar-refractivity contribution in [3.05, 3.63) is 12.4 Å². The summed E-state index contributed by atoms with van der Waals surface area (Å²) in [6, 6.07) is 0.762. The van der Waals surface area contributed by atoms with Gasteiger partial charge in [-0.3, -0.25) is 4.68 Å². The van der Waals surface area contributed by atoms with Crippen LogP contribution in [0.5, 0.6) is 5.75 Å². The lowest BCUT2D eigenvalue weighted by Gasteiger charge is -2.11. The third-order valence-corrected chi connectivity index (χ3v) is 3.06. The molecule has 0 aromatic carbocycles. The Morgan fingerprint density at radius 1 is 1.50 bits per heavy atom. The van der Waals surface area contributed by atoms with Crippen LogP contribution in [0.25, 0.3) is 0 Å². The van der Waals surface area contributed by atoms with Gasteiger partial charge in [-0.15, -0.1) is 0 Å². The Balaban J connectivity index is 1.51. The summed E-state index contributed by atoms with van der Waals surface area (Å²) in [5.41, 5.74) is 0. The average Bonchev–Trinajstić information content (AvgIpc) is 2.89. The van der Waals surface area contributed by atoms with Crippen LogP contribution in [0.3, 0.4) is 0 Å². The zero-order valence-electron chi connectivity index (χ0n) is 9.98. The van der Waals surface area contributed by atoms with Crippen molar-refractivity contribution >= 4 is 0 Å². The maximum absolute atomic E-state index is 5.57. The molecule has 1 heterocycles. The molecule has 1 N–H and O–H groups in total. The van der Waals surface area contributed by atoms with E-state index < -0.39 is 0 Å². The number of nitrogens with zero attached hydrogens (tertiary/aromatic N) is 2. The van der Waals surface area contributed by atoms with Crippen molar-refractivity contribution in [3.8, 4) is 5.75 Å². The van der Waals surface area contributed by atoms with E-state index in [1.807, 2.05) is 13.2 Å². The van der Waals surface area contributed by atoms with Crippen LogP contribution in [-0.2, 0) is 7.05 Å². The monoisotopic (exact) mass is 223 g/mol. The number of ether oxygens (including phenoxy) is 1. The molecule has 0 radical (unpaired) electrons. The standard InChI is InChI=1S/C12H21N3O/c1-15-10-12(9-14-15)16-8-4-7-13-11-5-2-3-6-11/h9-11,13H,2-8H2,1H3. The number of hydrogen-bond donors (Lipinski definition) is 1. The van der Waals surface area contributed by atoms with E-state index in [0.29, 0.717) is 0 Å². The first kappa shape index (κ1) is 11.5. The highest BCUT2D eigenvalue weighted by atomic mass is 16.5. The molecule has 0 unspecified atom stereocenters. The molecule has 0 bridgehead atoms. The van der Waals surface area contributed by atoms with E-state index in [1.165, 1.54) is 25.7 Å². The summed E-state index contributed by atoms with van der Waals surface area (Å²) in [6.45, 7) is 1.83. The zero-order chi connectivity index (χ0) is 11.2. The van der Waals surface area contributed by atoms with Gasteiger partial charge >= 0.3 is 0 Å². The van der Waals surface area contributed by atoms with Gasteiger partial charge in [0.25, 0.3) is 0 Å². The molecular formula is C12H21N3O. The van der Waals surface area contributed by atoms with Crippen LogP contribution in [0.4, 0.5) is 0 Å². The number of hydrogen-bond acceptors (Lipinski definition) is 3. The second-order valence-electron chi connectivity index (χ2n) is 4.49. The number of aryl methyl sites for hydroxylation is 1. The molecule has 4 heteroatoms. The quantitative estimate of drug-likeness (QED) is 0.746. The molecule has 2 rings (SSSR count). The topological polar surface area (TPSA) is 39.1 Å². The van der Waals surface area contributed by atoms with E-state index in [2.05, 4.69) is 10.4 Å². The lowest BCUT2D eigenvalue weighted by Crippen LogP contribution is -2.27. The second-order valence-corrected chi connectivity index (χ2v) is 4.49. The molecule has 1 fully saturated rings. The van der Waals surface area contributed by atoms with Gasteiger partial charge in [0.15, 0.2) is 5.75 Å². The molecule has 1 aliphatic rings. The summed E-state index contributed by atoms with van der Waals surface area (Å²) < 4.78 is 7.32. The fraction of sp³-hybridized carbons (Fsp3) is 0.750. The first-order valence-corrected chi connectivity index (χ1v) is 6.19. The maximum Gasteiger partial charge on any atom is 0.157 e. The van der Waals surface area contributed by atoms with Crippen LogP contribution in [0.1, 0.15) is 32.1 Å². The minimum atomic E-state index is 0.762. The third kappa shape index (κ3) is 3.52. The fourth-order valence-electron chi connectivity index (χ4n) is 2.17. The first-order valence-electron chi connectivity index (χ1n) is 6.19. The van der Waals surface area contributed by atoms with Crippen molar-refractivity contribution in [1.82, 2.24) is 15.1 Å². The number of aromatic nitrogens is 2. The van der Waals surface area contributed by atoms with Gasteiger partial charge < -0.3 is 10.1 Å². The Labute approximate surface area is 97.0 Å². The first-order chi connectivity index (χ1) is 7.84. The summed E-state index contributed by atoms with van der Waals surface area (Å²) in [5.74, 6) is 0.864. The van der Waals surface area contributed by atoms with E-state index in [-0.39, 0.29) is 0 Å². The molecule has 0 saturated heterocycles. The van der Waals surface area contributed by atoms with Crippen LogP contribution >= 0.6 is 0 Å². The molecule has 1 aromatic rings. The summed E-state index contributed by atoms with van der Waals surface area (Å²) in [5, 5.41) is 7.63. The second kappa shape index (κ2) is 5.89. The van der Waals surface area contributed by atoms with E-state index in [9.17, 15) is 0 Å². The average molecular weight is 223 g/mol. The lowest BCUT2D eigenvalue weighted by atomic mass is 10.2. The SMILES string of the molecule is Cn1cc(OCCCNC2CCCC2)cn1. The summed E-state index contributed by atoms with van der Waals surface area (Å²) in [4.78, 5) is 0. The molecule has 1 aromatic heterocycles. The van der Waals surface area contributed by atoms with Gasteiger partial charge in [-0.05, 0) is 25.8 Å². The Morgan fingerprint density at radius 2 is 2.31 bits per heavy atom. The normalized spacial score (nSPS) is 16.8. The van der Waals surface area contributed by atoms with Gasteiger partial charge in [0.1, 0.15) is 0 Å². The van der Waals surface area contributed by atoms with Crippen LogP contribution in [0, 0.1) is 0 Å². The zero-order valence-corrected chi connectivity index (χ0v) is 9.98. The van der Waals surface area contributed by atoms with Crippen molar-refractivity contribution in [2.24, 2.45) is 7.05 Å². The highest BCUT2D eigenvalue weighted by Crippen LogP contribution is 2.17. The smallest absolute Gasteiger partial charge is 0.157 e. The van der Waals surface area contributed by atoms with Gasteiger partial charge in [0, 0.05) is 13.1 Å². The Bertz CT molecular complexity index is 305. The van der Waals surface area contributed by atoms with Crippen LogP contribution in [-0.4, -0.2) is 29.0 Å². The highest BCUT2D eigenvalue weighted by Gasteiger charge is 2.13. The van der Waals surface area contributed by atoms with Crippen LogP contribution < -0.4 is 10.1 Å². The molecule has 0 spiro atoms. The number of nitrogens with one attached hydrogen (secondary N) is 1. The molecule has 90 valence electrons. The van der Waals surface area contributed by atoms with Crippen molar-refractivity contribution in [2.45, 2.75) is 38.1 Å². The maximum atomic E-state index is 5.57. The molecule has 0 atom stereocenters. The Hall–Kier alpha value is -1.03. The third-order valence-electron chi connectivity index (χ3n) is 3.06. The Kier molecular flexibility index (Phi) is 4.22. The van der Waals surface area contributed by atoms with E-state index >= 15 is 0 Å². The minimum Gasteiger partial charge on any atom is -0.490 e. The van der Waals surface area contributed by atoms with Crippen molar-refractivity contribution in [2.75, 3.05) is 13.2 Å². The largest absolute Gasteiger partial charge is 0.490 e. The highest BCUT2D eigenvalue weighted by molar-refractivity contribution is 5.10. The molecule has 16 heavy (non-hydrogen) atoms. The van der Waals surface area contributed by atoms with Crippen molar-refractivity contribution in [1.29, 1.82) is 0 Å². The van der Waals surface area contributed by atoms with E-state index in [1.54, 1.807) is 10.9 Å². The molecule has 0 amide bonds. The number of rotatable bonds is 6. The van der Waals surface area contributed by atoms with E-state index in [0.717, 1.165) is 31.4 Å². The molecule has 0 aliphatic heterocycles. The fourth-order valence-corrected chi connectivity index (χ4v) is 2.17. The minimum absolute atomic E-state index is 0.762. The molecule has 1 saturated carbocycles. The van der Waals surface area contributed by atoms with Crippen molar-refractivity contribution < 1.29 is 4.74 Å². The van der Waals surface area contributed by atoms with E-state index in [4.69, 9.17) is 4.74 Å². The molecule has 1 aliphatic carbocycles. The van der Waals surface area contributed by atoms with Gasteiger partial charge in [-0.1, -0.05) is 12.8 Å². The van der Waals surface area contributed by atoms with Crippen LogP contribution in [0.2, 0.25) is 0 Å². The van der Waals surface area contributed by atoms with Crippen molar-refractivity contribution in [3.63, 3.8) is 0 Å². The van der Waals surface area contributed by atoms with Gasteiger partial charge in [0.05, 0.1) is 19.0 Å². The predicted molar refractivity (Wildman–Crippen MR) is 63.6 cm³/mol. The predicted octanol–water partition coefficient (Wildman–Crippen LogP) is 1.72. The Morgan fingerprint density at radius 3 is 3.00 bits per heavy atom. The summed E-state index contributed by atoms with van der Waals surface area (Å²) in [6.07, 6.45) is 10.2. The molecule has 4 nitrogen and oxygen atoms in total.